The maximum Gasteiger partial charge on any atom is 0.250 e. The van der Waals surface area contributed by atoms with Gasteiger partial charge in [-0.1, -0.05) is 61.4 Å². The van der Waals surface area contributed by atoms with Crippen LogP contribution in [0.25, 0.3) is 0 Å². The maximum absolute atomic E-state index is 14.0. The summed E-state index contributed by atoms with van der Waals surface area (Å²) in [5.41, 5.74) is 2.63. The zero-order valence-corrected chi connectivity index (χ0v) is 22.8. The summed E-state index contributed by atoms with van der Waals surface area (Å²) in [7, 11) is 0. The fourth-order valence-electron chi connectivity index (χ4n) is 6.85. The first-order valence-corrected chi connectivity index (χ1v) is 14.2. The number of para-hydroxylation sites is 1. The molecular formula is C31H39N3O5. The first kappa shape index (κ1) is 27.3. The molecule has 39 heavy (non-hydrogen) atoms. The number of anilines is 1. The van der Waals surface area contributed by atoms with E-state index in [1.165, 1.54) is 0 Å². The molecule has 2 aromatic carbocycles. The molecule has 3 aliphatic heterocycles. The van der Waals surface area contributed by atoms with Crippen molar-refractivity contribution in [1.82, 2.24) is 10.2 Å². The highest BCUT2D eigenvalue weighted by Crippen LogP contribution is 2.58. The molecule has 3 heterocycles. The number of hydrogen-bond acceptors (Lipinski definition) is 5. The van der Waals surface area contributed by atoms with Gasteiger partial charge in [-0.3, -0.25) is 14.4 Å². The van der Waals surface area contributed by atoms with E-state index >= 15 is 0 Å². The number of nitrogens with zero attached hydrogens (tertiary/aromatic N) is 1. The van der Waals surface area contributed by atoms with Gasteiger partial charge in [-0.25, -0.2) is 0 Å². The summed E-state index contributed by atoms with van der Waals surface area (Å²) in [5, 5.41) is 15.3. The topological polar surface area (TPSA) is 108 Å². The van der Waals surface area contributed by atoms with E-state index in [0.717, 1.165) is 41.6 Å². The lowest BCUT2D eigenvalue weighted by Gasteiger charge is -2.33. The van der Waals surface area contributed by atoms with Gasteiger partial charge in [-0.15, -0.1) is 0 Å². The fourth-order valence-corrected chi connectivity index (χ4v) is 6.85. The number of aryl methyl sites for hydroxylation is 2. The summed E-state index contributed by atoms with van der Waals surface area (Å²) in [4.78, 5) is 43.2. The second-order valence-electron chi connectivity index (χ2n) is 11.2. The molecule has 3 saturated heterocycles. The summed E-state index contributed by atoms with van der Waals surface area (Å²) >= 11 is 0. The molecule has 2 unspecified atom stereocenters. The van der Waals surface area contributed by atoms with E-state index in [1.807, 2.05) is 62.4 Å². The van der Waals surface area contributed by atoms with E-state index in [-0.39, 0.29) is 30.4 Å². The first-order valence-electron chi connectivity index (χ1n) is 14.2. The van der Waals surface area contributed by atoms with Crippen molar-refractivity contribution in [2.24, 2.45) is 11.8 Å². The Labute approximate surface area is 230 Å². The molecule has 5 rings (SSSR count). The summed E-state index contributed by atoms with van der Waals surface area (Å²) in [6.45, 7) is 4.84. The van der Waals surface area contributed by atoms with E-state index in [2.05, 4.69) is 10.6 Å². The van der Waals surface area contributed by atoms with Crippen molar-refractivity contribution in [3.05, 3.63) is 65.2 Å². The van der Waals surface area contributed by atoms with Crippen LogP contribution in [0.2, 0.25) is 0 Å². The molecule has 0 aliphatic carbocycles. The molecule has 3 aliphatic rings. The number of benzene rings is 2. The molecule has 3 amide bonds. The van der Waals surface area contributed by atoms with E-state index in [9.17, 15) is 14.4 Å². The van der Waals surface area contributed by atoms with Gasteiger partial charge in [0.05, 0.1) is 17.9 Å². The largest absolute Gasteiger partial charge is 0.396 e. The molecule has 2 bridgehead atoms. The molecule has 2 aromatic rings. The third-order valence-corrected chi connectivity index (χ3v) is 8.70. The van der Waals surface area contributed by atoms with Gasteiger partial charge >= 0.3 is 0 Å². The smallest absolute Gasteiger partial charge is 0.250 e. The zero-order valence-electron chi connectivity index (χ0n) is 22.8. The standard InChI is InChI=1S/C31H39N3O5/c1-20-11-10-12-21(2)26(20)33-29(37)27-31-16-15-23(39-31)24(28(36)32-19-22-13-6-5-7-14-22)25(31)30(38)34(27)17-8-3-4-9-18-35/h5-7,10-14,23-25,27,35H,3-4,8-9,15-19H2,1-2H3,(H,32,36)(H,33,37)/t23-,24+,25-,27?,31?/m0/s1. The van der Waals surface area contributed by atoms with Crippen molar-refractivity contribution in [3.63, 3.8) is 0 Å². The lowest BCUT2D eigenvalue weighted by molar-refractivity contribution is -0.141. The Bertz CT molecular complexity index is 1200. The van der Waals surface area contributed by atoms with Crippen LogP contribution in [-0.2, 0) is 25.7 Å². The van der Waals surface area contributed by atoms with Gasteiger partial charge in [0.25, 0.3) is 0 Å². The molecule has 8 nitrogen and oxygen atoms in total. The highest BCUT2D eigenvalue weighted by molar-refractivity contribution is 6.04. The number of carbonyl (C=O) groups is 3. The van der Waals surface area contributed by atoms with Crippen LogP contribution >= 0.6 is 0 Å². The molecule has 1 spiro atoms. The number of hydrogen-bond donors (Lipinski definition) is 3. The van der Waals surface area contributed by atoms with E-state index < -0.39 is 23.5 Å². The highest BCUT2D eigenvalue weighted by Gasteiger charge is 2.74. The van der Waals surface area contributed by atoms with Crippen LogP contribution in [0.4, 0.5) is 5.69 Å². The number of amides is 3. The quantitative estimate of drug-likeness (QED) is 0.384. The molecule has 208 valence electrons. The predicted molar refractivity (Wildman–Crippen MR) is 148 cm³/mol. The van der Waals surface area contributed by atoms with Crippen molar-refractivity contribution < 1.29 is 24.2 Å². The molecule has 3 fully saturated rings. The van der Waals surface area contributed by atoms with E-state index in [0.29, 0.717) is 32.4 Å². The van der Waals surface area contributed by atoms with Gasteiger partial charge in [-0.2, -0.15) is 0 Å². The highest BCUT2D eigenvalue weighted by atomic mass is 16.5. The number of rotatable bonds is 11. The van der Waals surface area contributed by atoms with Crippen molar-refractivity contribution in [1.29, 1.82) is 0 Å². The number of nitrogens with one attached hydrogen (secondary N) is 2. The minimum atomic E-state index is -1.01. The Balaban J connectivity index is 1.40. The van der Waals surface area contributed by atoms with E-state index in [1.54, 1.807) is 4.90 Å². The summed E-state index contributed by atoms with van der Waals surface area (Å²) in [6.07, 6.45) is 3.97. The Kier molecular flexibility index (Phi) is 8.05. The number of aliphatic hydroxyl groups excluding tert-OH is 1. The van der Waals surface area contributed by atoms with Gasteiger partial charge < -0.3 is 25.4 Å². The molecule has 0 radical (unpaired) electrons. The molecule has 0 saturated carbocycles. The Morgan fingerprint density at radius 1 is 1.00 bits per heavy atom. The summed E-state index contributed by atoms with van der Waals surface area (Å²) in [6, 6.07) is 14.7. The minimum Gasteiger partial charge on any atom is -0.396 e. The van der Waals surface area contributed by atoms with Gasteiger partial charge in [0.15, 0.2) is 0 Å². The van der Waals surface area contributed by atoms with Gasteiger partial charge in [0.1, 0.15) is 11.6 Å². The fraction of sp³-hybridized carbons (Fsp3) is 0.516. The number of fused-ring (bicyclic) bond motifs is 1. The van der Waals surface area contributed by atoms with Crippen LogP contribution in [-0.4, -0.2) is 58.6 Å². The van der Waals surface area contributed by atoms with Crippen molar-refractivity contribution in [2.45, 2.75) is 76.7 Å². The predicted octanol–water partition coefficient (Wildman–Crippen LogP) is 3.49. The second kappa shape index (κ2) is 11.5. The van der Waals surface area contributed by atoms with Crippen LogP contribution in [0, 0.1) is 25.7 Å². The normalized spacial score (nSPS) is 27.1. The Hall–Kier alpha value is -3.23. The number of aliphatic hydroxyl groups is 1. The minimum absolute atomic E-state index is 0.143. The van der Waals surface area contributed by atoms with Crippen LogP contribution in [0.1, 0.15) is 55.2 Å². The molecule has 0 aromatic heterocycles. The monoisotopic (exact) mass is 533 g/mol. The second-order valence-corrected chi connectivity index (χ2v) is 11.2. The number of carbonyl (C=O) groups excluding carboxylic acids is 3. The van der Waals surface area contributed by atoms with Crippen LogP contribution in [0.5, 0.6) is 0 Å². The van der Waals surface area contributed by atoms with Gasteiger partial charge in [-0.05, 0) is 56.2 Å². The number of likely N-dealkylation sites (tertiary alicyclic amines) is 1. The average Bonchev–Trinajstić information content (AvgIpc) is 3.57. The van der Waals surface area contributed by atoms with Crippen LogP contribution in [0.15, 0.2) is 48.5 Å². The van der Waals surface area contributed by atoms with Crippen molar-refractivity contribution in [3.8, 4) is 0 Å². The number of unbranched alkanes of at least 4 members (excludes halogenated alkanes) is 3. The Morgan fingerprint density at radius 3 is 2.44 bits per heavy atom. The lowest BCUT2D eigenvalue weighted by atomic mass is 9.70. The molecular weight excluding hydrogens is 494 g/mol. The number of ether oxygens (including phenoxy) is 1. The average molecular weight is 534 g/mol. The van der Waals surface area contributed by atoms with Crippen molar-refractivity contribution in [2.75, 3.05) is 18.5 Å². The Morgan fingerprint density at radius 2 is 1.72 bits per heavy atom. The molecule has 3 N–H and O–H groups in total. The van der Waals surface area contributed by atoms with Crippen molar-refractivity contribution >= 4 is 23.4 Å². The zero-order chi connectivity index (χ0) is 27.6. The maximum atomic E-state index is 14.0. The SMILES string of the molecule is Cc1cccc(C)c1NC(=O)C1N(CCCCCCO)C(=O)[C@@H]2[C@H](C(=O)NCc3ccccc3)[C@@H]3CCC12O3. The van der Waals surface area contributed by atoms with Gasteiger partial charge in [0, 0.05) is 25.4 Å². The van der Waals surface area contributed by atoms with Gasteiger partial charge in [0.2, 0.25) is 17.7 Å². The third kappa shape index (κ3) is 5.08. The molecule has 8 heteroatoms. The lowest BCUT2D eigenvalue weighted by Crippen LogP contribution is -2.53. The molecule has 5 atom stereocenters. The van der Waals surface area contributed by atoms with Crippen LogP contribution in [0.3, 0.4) is 0 Å². The van der Waals surface area contributed by atoms with Crippen LogP contribution < -0.4 is 10.6 Å². The first-order chi connectivity index (χ1) is 18.9. The van der Waals surface area contributed by atoms with E-state index in [4.69, 9.17) is 9.84 Å². The third-order valence-electron chi connectivity index (χ3n) is 8.70. The summed E-state index contributed by atoms with van der Waals surface area (Å²) in [5.74, 6) is -1.92. The summed E-state index contributed by atoms with van der Waals surface area (Å²) < 4.78 is 6.53.